The van der Waals surface area contributed by atoms with Crippen LogP contribution < -0.4 is 0 Å². The quantitative estimate of drug-likeness (QED) is 0.670. The number of hydrogen-bond donors (Lipinski definition) is 2. The van der Waals surface area contributed by atoms with Gasteiger partial charge in [-0.05, 0) is 5.56 Å². The molecular weight excluding hydrogens is 286 g/mol. The second kappa shape index (κ2) is 6.20. The molecule has 1 aromatic carbocycles. The maximum Gasteiger partial charge on any atom is 0.283 e. The zero-order valence-corrected chi connectivity index (χ0v) is 12.1. The summed E-state index contributed by atoms with van der Waals surface area (Å²) >= 11 is 0. The van der Waals surface area contributed by atoms with Crippen LogP contribution in [0, 0.1) is 6.57 Å². The van der Waals surface area contributed by atoms with Crippen molar-refractivity contribution < 1.29 is 19.8 Å². The van der Waals surface area contributed by atoms with Gasteiger partial charge in [0.25, 0.3) is 5.91 Å². The van der Waals surface area contributed by atoms with Crippen molar-refractivity contribution >= 4 is 11.6 Å². The maximum absolute atomic E-state index is 12.4. The lowest BCUT2D eigenvalue weighted by atomic mass is 10.2. The second-order valence-electron chi connectivity index (χ2n) is 4.63. The van der Waals surface area contributed by atoms with Crippen LogP contribution in [0.2, 0.25) is 0 Å². The lowest BCUT2D eigenvalue weighted by Crippen LogP contribution is -2.29. The summed E-state index contributed by atoms with van der Waals surface area (Å²) in [6.45, 7) is 7.04. The fraction of sp³-hybridized carbons (Fsp3) is 0.200. The number of aromatic nitrogens is 1. The van der Waals surface area contributed by atoms with Gasteiger partial charge in [0.05, 0.1) is 20.2 Å². The Hall–Kier alpha value is -2.98. The van der Waals surface area contributed by atoms with Gasteiger partial charge >= 0.3 is 0 Å². The third kappa shape index (κ3) is 2.87. The molecule has 7 nitrogen and oxygen atoms in total. The summed E-state index contributed by atoms with van der Waals surface area (Å²) in [5, 5.41) is 20.4. The van der Waals surface area contributed by atoms with Crippen LogP contribution in [0.5, 0.6) is 11.6 Å². The first-order chi connectivity index (χ1) is 10.5. The Morgan fingerprint density at radius 2 is 2.00 bits per heavy atom. The number of aryl methyl sites for hydroxylation is 1. The normalized spacial score (nSPS) is 10.2. The van der Waals surface area contributed by atoms with Crippen molar-refractivity contribution in [3.63, 3.8) is 0 Å². The van der Waals surface area contributed by atoms with Gasteiger partial charge in [0, 0.05) is 13.2 Å². The molecule has 1 heterocycles. The SMILES string of the molecule is [C-]#[N+]c1ccc(CN(OC)C(=O)c2cn(C)c(O)c2O)cc1. The van der Waals surface area contributed by atoms with Crippen LogP contribution in [0.25, 0.3) is 4.85 Å². The van der Waals surface area contributed by atoms with E-state index in [0.29, 0.717) is 5.69 Å². The van der Waals surface area contributed by atoms with E-state index in [1.54, 1.807) is 24.3 Å². The van der Waals surface area contributed by atoms with Crippen molar-refractivity contribution in [2.45, 2.75) is 6.54 Å². The minimum atomic E-state index is -0.579. The van der Waals surface area contributed by atoms with Crippen LogP contribution in [0.15, 0.2) is 30.5 Å². The molecule has 22 heavy (non-hydrogen) atoms. The van der Waals surface area contributed by atoms with E-state index in [9.17, 15) is 15.0 Å². The molecular formula is C15H15N3O4. The van der Waals surface area contributed by atoms with Crippen LogP contribution in [0.3, 0.4) is 0 Å². The highest BCUT2D eigenvalue weighted by Crippen LogP contribution is 2.31. The molecule has 0 bridgehead atoms. The number of rotatable bonds is 4. The van der Waals surface area contributed by atoms with E-state index in [-0.39, 0.29) is 18.0 Å². The zero-order valence-electron chi connectivity index (χ0n) is 12.1. The number of aromatic hydroxyl groups is 2. The van der Waals surface area contributed by atoms with Gasteiger partial charge in [-0.2, -0.15) is 0 Å². The number of nitrogens with zero attached hydrogens (tertiary/aromatic N) is 3. The molecule has 0 saturated carbocycles. The van der Waals surface area contributed by atoms with Gasteiger partial charge in [-0.1, -0.05) is 24.3 Å². The molecule has 0 spiro atoms. The van der Waals surface area contributed by atoms with E-state index in [1.165, 1.54) is 24.9 Å². The van der Waals surface area contributed by atoms with E-state index in [2.05, 4.69) is 4.85 Å². The highest BCUT2D eigenvalue weighted by molar-refractivity contribution is 5.97. The molecule has 0 radical (unpaired) electrons. The monoisotopic (exact) mass is 301 g/mol. The fourth-order valence-electron chi connectivity index (χ4n) is 1.96. The van der Waals surface area contributed by atoms with Gasteiger partial charge in [-0.3, -0.25) is 9.63 Å². The molecule has 0 aliphatic heterocycles. The minimum absolute atomic E-state index is 0.0559. The van der Waals surface area contributed by atoms with Crippen LogP contribution in [-0.4, -0.2) is 32.9 Å². The molecule has 1 aromatic heterocycles. The topological polar surface area (TPSA) is 79.3 Å². The molecule has 0 aliphatic rings. The minimum Gasteiger partial charge on any atom is -0.503 e. The summed E-state index contributed by atoms with van der Waals surface area (Å²) in [7, 11) is 2.84. The molecule has 2 rings (SSSR count). The molecule has 2 aromatic rings. The van der Waals surface area contributed by atoms with E-state index in [1.807, 2.05) is 0 Å². The lowest BCUT2D eigenvalue weighted by molar-refractivity contribution is -0.102. The first-order valence-corrected chi connectivity index (χ1v) is 6.37. The third-order valence-corrected chi connectivity index (χ3v) is 3.19. The molecule has 114 valence electrons. The molecule has 0 unspecified atom stereocenters. The highest BCUT2D eigenvalue weighted by Gasteiger charge is 2.24. The van der Waals surface area contributed by atoms with Gasteiger partial charge in [-0.15, -0.1) is 0 Å². The van der Waals surface area contributed by atoms with Crippen LogP contribution in [0.1, 0.15) is 15.9 Å². The van der Waals surface area contributed by atoms with Crippen molar-refractivity contribution in [3.05, 3.63) is 53.0 Å². The Kier molecular flexibility index (Phi) is 4.34. The highest BCUT2D eigenvalue weighted by atomic mass is 16.7. The van der Waals surface area contributed by atoms with Crippen molar-refractivity contribution in [3.8, 4) is 11.6 Å². The molecule has 2 N–H and O–H groups in total. The Bertz CT molecular complexity index is 728. The Morgan fingerprint density at radius 1 is 1.36 bits per heavy atom. The van der Waals surface area contributed by atoms with E-state index >= 15 is 0 Å². The van der Waals surface area contributed by atoms with Crippen molar-refractivity contribution in [2.24, 2.45) is 7.05 Å². The van der Waals surface area contributed by atoms with Gasteiger partial charge in [0.2, 0.25) is 5.88 Å². The number of hydroxylamine groups is 2. The smallest absolute Gasteiger partial charge is 0.283 e. The first kappa shape index (κ1) is 15.4. The standard InChI is InChI=1S/C15H15N3O4/c1-16-11-6-4-10(5-7-11)8-18(22-3)14(20)12-9-17(2)15(21)13(12)19/h4-7,9,19,21H,8H2,2-3H3. The summed E-state index contributed by atoms with van der Waals surface area (Å²) in [5.41, 5.74) is 1.21. The van der Waals surface area contributed by atoms with Gasteiger partial charge in [0.1, 0.15) is 5.56 Å². The number of amides is 1. The van der Waals surface area contributed by atoms with E-state index in [0.717, 1.165) is 10.6 Å². The van der Waals surface area contributed by atoms with Crippen LogP contribution >= 0.6 is 0 Å². The van der Waals surface area contributed by atoms with Crippen molar-refractivity contribution in [1.29, 1.82) is 0 Å². The summed E-state index contributed by atoms with van der Waals surface area (Å²) in [6, 6.07) is 6.73. The fourth-order valence-corrected chi connectivity index (χ4v) is 1.96. The van der Waals surface area contributed by atoms with Crippen molar-refractivity contribution in [2.75, 3.05) is 7.11 Å². The number of carbonyl (C=O) groups is 1. The predicted molar refractivity (Wildman–Crippen MR) is 78.3 cm³/mol. The van der Waals surface area contributed by atoms with E-state index < -0.39 is 11.7 Å². The van der Waals surface area contributed by atoms with E-state index in [4.69, 9.17) is 11.4 Å². The molecule has 1 amide bonds. The Morgan fingerprint density at radius 3 is 2.45 bits per heavy atom. The molecule has 0 fully saturated rings. The summed E-state index contributed by atoms with van der Waals surface area (Å²) in [4.78, 5) is 20.7. The van der Waals surface area contributed by atoms with Crippen LogP contribution in [-0.2, 0) is 18.4 Å². The average molecular weight is 301 g/mol. The Balaban J connectivity index is 2.21. The molecule has 0 saturated heterocycles. The predicted octanol–water partition coefficient (Wildman–Crippen LogP) is 2.19. The second-order valence-corrected chi connectivity index (χ2v) is 4.63. The first-order valence-electron chi connectivity index (χ1n) is 6.37. The van der Waals surface area contributed by atoms with Gasteiger partial charge in [-0.25, -0.2) is 9.91 Å². The molecule has 0 aliphatic carbocycles. The largest absolute Gasteiger partial charge is 0.503 e. The third-order valence-electron chi connectivity index (χ3n) is 3.19. The molecule has 0 atom stereocenters. The number of benzene rings is 1. The summed E-state index contributed by atoms with van der Waals surface area (Å²) in [6.07, 6.45) is 1.32. The summed E-state index contributed by atoms with van der Waals surface area (Å²) < 4.78 is 1.24. The number of carbonyl (C=O) groups excluding carboxylic acids is 1. The van der Waals surface area contributed by atoms with Crippen molar-refractivity contribution in [1.82, 2.24) is 9.63 Å². The molecule has 7 heteroatoms. The maximum atomic E-state index is 12.4. The zero-order chi connectivity index (χ0) is 16.3. The average Bonchev–Trinajstić information content (AvgIpc) is 2.80. The van der Waals surface area contributed by atoms with Gasteiger partial charge < -0.3 is 14.8 Å². The lowest BCUT2D eigenvalue weighted by Gasteiger charge is -2.19. The summed E-state index contributed by atoms with van der Waals surface area (Å²) in [5.74, 6) is -1.45. The number of hydrogen-bond acceptors (Lipinski definition) is 4. The Labute approximate surface area is 127 Å². The van der Waals surface area contributed by atoms with Crippen LogP contribution in [0.4, 0.5) is 5.69 Å². The van der Waals surface area contributed by atoms with Gasteiger partial charge in [0.15, 0.2) is 11.4 Å².